The van der Waals surface area contributed by atoms with Crippen LogP contribution in [0.3, 0.4) is 0 Å². The number of para-hydroxylation sites is 1. The molecule has 0 saturated carbocycles. The normalized spacial score (nSPS) is 10.4. The van der Waals surface area contributed by atoms with Crippen molar-refractivity contribution in [3.63, 3.8) is 0 Å². The Labute approximate surface area is 126 Å². The zero-order valence-electron chi connectivity index (χ0n) is 11.8. The van der Waals surface area contributed by atoms with E-state index in [1.54, 1.807) is 30.5 Å². The van der Waals surface area contributed by atoms with Gasteiger partial charge < -0.3 is 4.42 Å². The van der Waals surface area contributed by atoms with E-state index in [0.29, 0.717) is 27.9 Å². The van der Waals surface area contributed by atoms with Gasteiger partial charge in [0.25, 0.3) is 5.91 Å². The number of amides is 2. The van der Waals surface area contributed by atoms with Crippen molar-refractivity contribution in [2.45, 2.75) is 6.92 Å². The molecule has 3 rings (SSSR count). The van der Waals surface area contributed by atoms with Crippen molar-refractivity contribution in [1.82, 2.24) is 15.8 Å². The summed E-state index contributed by atoms with van der Waals surface area (Å²) in [7, 11) is 0. The Morgan fingerprint density at radius 3 is 2.64 bits per heavy atom. The quantitative estimate of drug-likeness (QED) is 0.710. The molecule has 1 aromatic carbocycles. The van der Waals surface area contributed by atoms with Crippen molar-refractivity contribution >= 4 is 22.7 Å². The topological polar surface area (TPSA) is 84.2 Å². The highest BCUT2D eigenvalue weighted by atomic mass is 16.3. The number of benzene rings is 1. The largest absolute Gasteiger partial charge is 0.463 e. The van der Waals surface area contributed by atoms with Gasteiger partial charge in [0.2, 0.25) is 5.91 Å². The molecule has 3 aromatic rings. The average Bonchev–Trinajstić information content (AvgIpc) is 3.06. The van der Waals surface area contributed by atoms with Gasteiger partial charge >= 0.3 is 0 Å². The lowest BCUT2D eigenvalue weighted by molar-refractivity contribution is -0.119. The van der Waals surface area contributed by atoms with Crippen LogP contribution in [-0.2, 0) is 4.79 Å². The average molecular weight is 295 g/mol. The SMILES string of the molecule is CC(=O)NNC(=O)c1cc(-c2ccco2)nc2ccccc12. The van der Waals surface area contributed by atoms with Crippen LogP contribution in [0.4, 0.5) is 0 Å². The molecule has 6 heteroatoms. The molecule has 0 saturated heterocycles. The number of hydrogen-bond donors (Lipinski definition) is 2. The first-order valence-electron chi connectivity index (χ1n) is 6.66. The molecule has 110 valence electrons. The van der Waals surface area contributed by atoms with Gasteiger partial charge in [-0.3, -0.25) is 20.4 Å². The summed E-state index contributed by atoms with van der Waals surface area (Å²) in [4.78, 5) is 27.7. The molecule has 0 fully saturated rings. The first-order valence-corrected chi connectivity index (χ1v) is 6.66. The minimum Gasteiger partial charge on any atom is -0.463 e. The van der Waals surface area contributed by atoms with Crippen LogP contribution in [0.5, 0.6) is 0 Å². The number of hydrogen-bond acceptors (Lipinski definition) is 4. The Bertz CT molecular complexity index is 841. The number of hydrazine groups is 1. The van der Waals surface area contributed by atoms with Crippen LogP contribution in [0.1, 0.15) is 17.3 Å². The van der Waals surface area contributed by atoms with Crippen LogP contribution >= 0.6 is 0 Å². The highest BCUT2D eigenvalue weighted by molar-refractivity contribution is 6.07. The van der Waals surface area contributed by atoms with Crippen molar-refractivity contribution in [2.75, 3.05) is 0 Å². The number of nitrogens with zero attached hydrogens (tertiary/aromatic N) is 1. The third kappa shape index (κ3) is 2.67. The summed E-state index contributed by atoms with van der Waals surface area (Å²) >= 11 is 0. The highest BCUT2D eigenvalue weighted by Gasteiger charge is 2.14. The zero-order chi connectivity index (χ0) is 15.5. The third-order valence-corrected chi connectivity index (χ3v) is 3.09. The summed E-state index contributed by atoms with van der Waals surface area (Å²) < 4.78 is 5.34. The van der Waals surface area contributed by atoms with E-state index in [0.717, 1.165) is 0 Å². The fraction of sp³-hybridized carbons (Fsp3) is 0.0625. The van der Waals surface area contributed by atoms with Gasteiger partial charge in [0.15, 0.2) is 5.76 Å². The van der Waals surface area contributed by atoms with E-state index in [1.807, 2.05) is 18.2 Å². The van der Waals surface area contributed by atoms with E-state index in [1.165, 1.54) is 6.92 Å². The molecule has 0 atom stereocenters. The standard InChI is InChI=1S/C16H13N3O3/c1-10(20)18-19-16(21)12-9-14(15-7-4-8-22-15)17-13-6-3-2-5-11(12)13/h2-9H,1H3,(H,18,20)(H,19,21). The van der Waals surface area contributed by atoms with Gasteiger partial charge in [-0.15, -0.1) is 0 Å². The van der Waals surface area contributed by atoms with E-state index in [2.05, 4.69) is 15.8 Å². The summed E-state index contributed by atoms with van der Waals surface area (Å²) in [6.07, 6.45) is 1.54. The molecule has 0 aliphatic carbocycles. The number of pyridine rings is 1. The fourth-order valence-electron chi connectivity index (χ4n) is 2.13. The number of aromatic nitrogens is 1. The smallest absolute Gasteiger partial charge is 0.270 e. The van der Waals surface area contributed by atoms with Crippen LogP contribution in [0.2, 0.25) is 0 Å². The van der Waals surface area contributed by atoms with Crippen molar-refractivity contribution < 1.29 is 14.0 Å². The highest BCUT2D eigenvalue weighted by Crippen LogP contribution is 2.25. The first kappa shape index (κ1) is 13.8. The predicted molar refractivity (Wildman–Crippen MR) is 80.7 cm³/mol. The van der Waals surface area contributed by atoms with Crippen LogP contribution < -0.4 is 10.9 Å². The number of rotatable bonds is 2. The fourth-order valence-corrected chi connectivity index (χ4v) is 2.13. The zero-order valence-corrected chi connectivity index (χ0v) is 11.8. The molecule has 0 aliphatic heterocycles. The second-order valence-electron chi connectivity index (χ2n) is 4.68. The van der Waals surface area contributed by atoms with E-state index < -0.39 is 5.91 Å². The van der Waals surface area contributed by atoms with Crippen molar-refractivity contribution in [1.29, 1.82) is 0 Å². The number of furan rings is 1. The lowest BCUT2D eigenvalue weighted by Gasteiger charge is -2.09. The summed E-state index contributed by atoms with van der Waals surface area (Å²) in [6.45, 7) is 1.32. The Kier molecular flexibility index (Phi) is 3.57. The van der Waals surface area contributed by atoms with E-state index in [-0.39, 0.29) is 5.91 Å². The van der Waals surface area contributed by atoms with Gasteiger partial charge in [0.1, 0.15) is 5.69 Å². The Morgan fingerprint density at radius 1 is 1.09 bits per heavy atom. The molecule has 0 aliphatic rings. The molecule has 0 unspecified atom stereocenters. The first-order chi connectivity index (χ1) is 10.6. The second kappa shape index (κ2) is 5.69. The maximum Gasteiger partial charge on any atom is 0.270 e. The van der Waals surface area contributed by atoms with Gasteiger partial charge in [0.05, 0.1) is 17.3 Å². The number of carbonyl (C=O) groups is 2. The molecule has 2 heterocycles. The van der Waals surface area contributed by atoms with Gasteiger partial charge in [-0.05, 0) is 24.3 Å². The monoisotopic (exact) mass is 295 g/mol. The number of nitrogens with one attached hydrogen (secondary N) is 2. The predicted octanol–water partition coefficient (Wildman–Crippen LogP) is 2.28. The molecule has 2 aromatic heterocycles. The molecule has 2 N–H and O–H groups in total. The van der Waals surface area contributed by atoms with E-state index >= 15 is 0 Å². The molecule has 6 nitrogen and oxygen atoms in total. The lowest BCUT2D eigenvalue weighted by Crippen LogP contribution is -2.40. The Hall–Kier alpha value is -3.15. The van der Waals surface area contributed by atoms with E-state index in [4.69, 9.17) is 4.42 Å². The summed E-state index contributed by atoms with van der Waals surface area (Å²) in [5.74, 6) is -0.195. The summed E-state index contributed by atoms with van der Waals surface area (Å²) in [5, 5.41) is 0.695. The summed E-state index contributed by atoms with van der Waals surface area (Å²) in [5.41, 5.74) is 6.28. The van der Waals surface area contributed by atoms with Gasteiger partial charge in [0, 0.05) is 12.3 Å². The number of carbonyl (C=O) groups excluding carboxylic acids is 2. The van der Waals surface area contributed by atoms with Crippen molar-refractivity contribution in [2.24, 2.45) is 0 Å². The molecule has 0 radical (unpaired) electrons. The third-order valence-electron chi connectivity index (χ3n) is 3.09. The molecule has 22 heavy (non-hydrogen) atoms. The lowest BCUT2D eigenvalue weighted by atomic mass is 10.1. The van der Waals surface area contributed by atoms with Crippen LogP contribution in [0, 0.1) is 0 Å². The van der Waals surface area contributed by atoms with Crippen LogP contribution in [0.15, 0.2) is 53.1 Å². The number of fused-ring (bicyclic) bond motifs is 1. The molecule has 0 spiro atoms. The van der Waals surface area contributed by atoms with E-state index in [9.17, 15) is 9.59 Å². The summed E-state index contributed by atoms with van der Waals surface area (Å²) in [6, 6.07) is 12.4. The van der Waals surface area contributed by atoms with Gasteiger partial charge in [-0.1, -0.05) is 18.2 Å². The molecule has 0 bridgehead atoms. The molecular weight excluding hydrogens is 282 g/mol. The molecular formula is C16H13N3O3. The Morgan fingerprint density at radius 2 is 1.91 bits per heavy atom. The van der Waals surface area contributed by atoms with Crippen molar-refractivity contribution in [3.8, 4) is 11.5 Å². The van der Waals surface area contributed by atoms with Crippen molar-refractivity contribution in [3.05, 3.63) is 54.3 Å². The van der Waals surface area contributed by atoms with Crippen LogP contribution in [0.25, 0.3) is 22.4 Å². The maximum atomic E-state index is 12.3. The van der Waals surface area contributed by atoms with Gasteiger partial charge in [-0.25, -0.2) is 4.98 Å². The Balaban J connectivity index is 2.10. The minimum absolute atomic E-state index is 0.349. The second-order valence-corrected chi connectivity index (χ2v) is 4.68. The van der Waals surface area contributed by atoms with Crippen LogP contribution in [-0.4, -0.2) is 16.8 Å². The van der Waals surface area contributed by atoms with Gasteiger partial charge in [-0.2, -0.15) is 0 Å². The maximum absolute atomic E-state index is 12.3. The minimum atomic E-state index is -0.415. The molecule has 2 amide bonds.